The van der Waals surface area contributed by atoms with Crippen LogP contribution in [0.4, 0.5) is 13.2 Å². The Balaban J connectivity index is 4.56. The van der Waals surface area contributed by atoms with E-state index in [-0.39, 0.29) is 5.92 Å². The van der Waals surface area contributed by atoms with Crippen molar-refractivity contribution in [1.82, 2.24) is 0 Å². The van der Waals surface area contributed by atoms with E-state index in [1.54, 1.807) is 0 Å². The molecular formula is C10H18F3NO2. The molecule has 0 amide bonds. The third kappa shape index (κ3) is 5.95. The van der Waals surface area contributed by atoms with Crippen LogP contribution in [0.5, 0.6) is 0 Å². The summed E-state index contributed by atoms with van der Waals surface area (Å²) in [6.45, 7) is 3.63. The summed E-state index contributed by atoms with van der Waals surface area (Å²) in [5.41, 5.74) is 5.41. The summed E-state index contributed by atoms with van der Waals surface area (Å²) in [4.78, 5) is 11.3. The molecule has 2 atom stereocenters. The lowest BCUT2D eigenvalue weighted by Crippen LogP contribution is -2.40. The first-order valence-electron chi connectivity index (χ1n) is 5.07. The van der Waals surface area contributed by atoms with E-state index in [0.717, 1.165) is 7.11 Å². The highest BCUT2D eigenvalue weighted by Crippen LogP contribution is 2.26. The normalized spacial score (nSPS) is 16.0. The van der Waals surface area contributed by atoms with Crippen molar-refractivity contribution < 1.29 is 22.7 Å². The van der Waals surface area contributed by atoms with Crippen LogP contribution in [0.3, 0.4) is 0 Å². The first-order chi connectivity index (χ1) is 7.17. The number of halogens is 3. The first kappa shape index (κ1) is 15.2. The molecule has 3 nitrogen and oxygen atoms in total. The van der Waals surface area contributed by atoms with Gasteiger partial charge in [-0.25, -0.2) is 0 Å². The Morgan fingerprint density at radius 2 is 1.88 bits per heavy atom. The largest absolute Gasteiger partial charge is 0.469 e. The van der Waals surface area contributed by atoms with E-state index < -0.39 is 30.5 Å². The zero-order valence-electron chi connectivity index (χ0n) is 9.67. The highest BCUT2D eigenvalue weighted by molar-refractivity contribution is 5.73. The highest BCUT2D eigenvalue weighted by atomic mass is 19.4. The van der Waals surface area contributed by atoms with Gasteiger partial charge in [-0.1, -0.05) is 13.8 Å². The van der Waals surface area contributed by atoms with Gasteiger partial charge in [-0.3, -0.25) is 4.79 Å². The summed E-state index contributed by atoms with van der Waals surface area (Å²) >= 11 is 0. The average molecular weight is 241 g/mol. The van der Waals surface area contributed by atoms with Crippen molar-refractivity contribution in [3.63, 3.8) is 0 Å². The van der Waals surface area contributed by atoms with Gasteiger partial charge in [-0.2, -0.15) is 13.2 Å². The topological polar surface area (TPSA) is 52.3 Å². The van der Waals surface area contributed by atoms with Crippen molar-refractivity contribution in [2.45, 2.75) is 38.9 Å². The summed E-state index contributed by atoms with van der Waals surface area (Å²) in [5, 5.41) is 0. The smallest absolute Gasteiger partial charge is 0.390 e. The van der Waals surface area contributed by atoms with E-state index in [0.29, 0.717) is 6.42 Å². The third-order valence-corrected chi connectivity index (χ3v) is 2.21. The van der Waals surface area contributed by atoms with Crippen LogP contribution in [-0.2, 0) is 9.53 Å². The number of carbonyl (C=O) groups excluding carboxylic acids is 1. The lowest BCUT2D eigenvalue weighted by Gasteiger charge is -2.24. The molecule has 0 heterocycles. The van der Waals surface area contributed by atoms with E-state index in [1.807, 2.05) is 13.8 Å². The molecule has 0 rings (SSSR count). The van der Waals surface area contributed by atoms with Gasteiger partial charge in [0.2, 0.25) is 0 Å². The van der Waals surface area contributed by atoms with E-state index >= 15 is 0 Å². The number of carbonyl (C=O) groups is 1. The molecule has 0 spiro atoms. The molecule has 0 aromatic carbocycles. The Bertz CT molecular complexity index is 229. The van der Waals surface area contributed by atoms with Crippen LogP contribution >= 0.6 is 0 Å². The Labute approximate surface area is 93.1 Å². The van der Waals surface area contributed by atoms with E-state index in [1.165, 1.54) is 0 Å². The lowest BCUT2D eigenvalue weighted by atomic mass is 9.89. The van der Waals surface area contributed by atoms with E-state index in [2.05, 4.69) is 4.74 Å². The summed E-state index contributed by atoms with van der Waals surface area (Å²) in [6.07, 6.45) is -5.23. The third-order valence-electron chi connectivity index (χ3n) is 2.21. The standard InChI is InChI=1S/C10H18F3NO2/c1-6(2)4-7(9(15)16-3)8(14)5-10(11,12)13/h6-8H,4-5,14H2,1-3H3. The van der Waals surface area contributed by atoms with Crippen molar-refractivity contribution in [2.75, 3.05) is 7.11 Å². The quantitative estimate of drug-likeness (QED) is 0.750. The van der Waals surface area contributed by atoms with Gasteiger partial charge in [0.05, 0.1) is 19.4 Å². The number of rotatable bonds is 5. The second kappa shape index (κ2) is 6.08. The summed E-state index contributed by atoms with van der Waals surface area (Å²) < 4.78 is 40.9. The molecular weight excluding hydrogens is 223 g/mol. The number of esters is 1. The van der Waals surface area contributed by atoms with Gasteiger partial charge >= 0.3 is 12.1 Å². The minimum atomic E-state index is -4.36. The van der Waals surface area contributed by atoms with Crippen LogP contribution in [0.25, 0.3) is 0 Å². The molecule has 0 aliphatic heterocycles. The van der Waals surface area contributed by atoms with Crippen LogP contribution in [0.15, 0.2) is 0 Å². The predicted octanol–water partition coefficient (Wildman–Crippen LogP) is 2.10. The predicted molar refractivity (Wildman–Crippen MR) is 53.6 cm³/mol. The fourth-order valence-corrected chi connectivity index (χ4v) is 1.51. The second-order valence-electron chi connectivity index (χ2n) is 4.24. The average Bonchev–Trinajstić information content (AvgIpc) is 2.09. The van der Waals surface area contributed by atoms with Crippen LogP contribution in [0.2, 0.25) is 0 Å². The fourth-order valence-electron chi connectivity index (χ4n) is 1.51. The number of nitrogens with two attached hydrogens (primary N) is 1. The second-order valence-corrected chi connectivity index (χ2v) is 4.24. The lowest BCUT2D eigenvalue weighted by molar-refractivity contribution is -0.154. The van der Waals surface area contributed by atoms with Gasteiger partial charge in [0.25, 0.3) is 0 Å². The summed E-state index contributed by atoms with van der Waals surface area (Å²) in [5.74, 6) is -1.49. The number of ether oxygens (including phenoxy) is 1. The van der Waals surface area contributed by atoms with Crippen molar-refractivity contribution in [3.05, 3.63) is 0 Å². The molecule has 0 saturated heterocycles. The van der Waals surface area contributed by atoms with Gasteiger partial charge < -0.3 is 10.5 Å². The Kier molecular flexibility index (Phi) is 5.78. The SMILES string of the molecule is COC(=O)C(CC(C)C)C(N)CC(F)(F)F. The monoisotopic (exact) mass is 241 g/mol. The van der Waals surface area contributed by atoms with Crippen LogP contribution in [-0.4, -0.2) is 25.3 Å². The maximum atomic E-state index is 12.1. The fraction of sp³-hybridized carbons (Fsp3) is 0.900. The molecule has 0 aromatic rings. The van der Waals surface area contributed by atoms with Gasteiger partial charge in [-0.15, -0.1) is 0 Å². The van der Waals surface area contributed by atoms with Crippen LogP contribution in [0.1, 0.15) is 26.7 Å². The van der Waals surface area contributed by atoms with Crippen LogP contribution in [0, 0.1) is 11.8 Å². The number of hydrogen-bond donors (Lipinski definition) is 1. The summed E-state index contributed by atoms with van der Waals surface area (Å²) in [6, 6.07) is -1.24. The van der Waals surface area contributed by atoms with E-state index in [4.69, 9.17) is 5.73 Å². The van der Waals surface area contributed by atoms with Gasteiger partial charge in [0.1, 0.15) is 0 Å². The molecule has 16 heavy (non-hydrogen) atoms. The minimum absolute atomic E-state index is 0.0865. The van der Waals surface area contributed by atoms with Crippen molar-refractivity contribution in [3.8, 4) is 0 Å². The number of alkyl halides is 3. The molecule has 96 valence electrons. The van der Waals surface area contributed by atoms with Gasteiger partial charge in [0, 0.05) is 6.04 Å². The van der Waals surface area contributed by atoms with Crippen LogP contribution < -0.4 is 5.73 Å². The van der Waals surface area contributed by atoms with Gasteiger partial charge in [0.15, 0.2) is 0 Å². The molecule has 0 bridgehead atoms. The molecule has 0 fully saturated rings. The maximum Gasteiger partial charge on any atom is 0.390 e. The van der Waals surface area contributed by atoms with Crippen molar-refractivity contribution in [1.29, 1.82) is 0 Å². The Hall–Kier alpha value is -0.780. The number of methoxy groups -OCH3 is 1. The van der Waals surface area contributed by atoms with Crippen molar-refractivity contribution in [2.24, 2.45) is 17.6 Å². The molecule has 0 radical (unpaired) electrons. The number of hydrogen-bond acceptors (Lipinski definition) is 3. The van der Waals surface area contributed by atoms with Gasteiger partial charge in [-0.05, 0) is 12.3 Å². The summed E-state index contributed by atoms with van der Waals surface area (Å²) in [7, 11) is 1.15. The molecule has 0 aromatic heterocycles. The molecule has 2 N–H and O–H groups in total. The first-order valence-corrected chi connectivity index (χ1v) is 5.07. The molecule has 0 aliphatic rings. The molecule has 2 unspecified atom stereocenters. The minimum Gasteiger partial charge on any atom is -0.469 e. The maximum absolute atomic E-state index is 12.1. The Morgan fingerprint density at radius 3 is 2.19 bits per heavy atom. The molecule has 0 saturated carbocycles. The highest BCUT2D eigenvalue weighted by Gasteiger charge is 2.37. The molecule has 0 aliphatic carbocycles. The zero-order chi connectivity index (χ0) is 12.9. The molecule has 6 heteroatoms. The van der Waals surface area contributed by atoms with E-state index in [9.17, 15) is 18.0 Å². The van der Waals surface area contributed by atoms with Crippen molar-refractivity contribution >= 4 is 5.97 Å². The Morgan fingerprint density at radius 1 is 1.38 bits per heavy atom. The zero-order valence-corrected chi connectivity index (χ0v) is 9.67.